The van der Waals surface area contributed by atoms with Gasteiger partial charge in [0.1, 0.15) is 4.90 Å². The summed E-state index contributed by atoms with van der Waals surface area (Å²) < 4.78 is 30.7. The largest absolute Gasteiger partial charge is 0.355 e. The zero-order chi connectivity index (χ0) is 22.8. The number of sulfonamides is 1. The van der Waals surface area contributed by atoms with Crippen molar-refractivity contribution >= 4 is 21.8 Å². The summed E-state index contributed by atoms with van der Waals surface area (Å²) in [4.78, 5) is 15.0. The van der Waals surface area contributed by atoms with E-state index in [0.29, 0.717) is 37.6 Å². The lowest BCUT2D eigenvalue weighted by atomic mass is 9.96. The van der Waals surface area contributed by atoms with Crippen LogP contribution in [0, 0.1) is 5.92 Å². The molecule has 2 aliphatic heterocycles. The molecule has 8 nitrogen and oxygen atoms in total. The molecular weight excluding hydrogens is 438 g/mol. The monoisotopic (exact) mass is 463 g/mol. The normalized spacial score (nSPS) is 19.1. The smallest absolute Gasteiger partial charge is 0.285 e. The molecule has 5 rings (SSSR count). The fraction of sp³-hybridized carbons (Fsp3) is 0.292. The number of carbonyl (C=O) groups is 1. The van der Waals surface area contributed by atoms with Gasteiger partial charge in [-0.2, -0.15) is 13.5 Å². The van der Waals surface area contributed by atoms with Crippen LogP contribution in [0.2, 0.25) is 0 Å². The van der Waals surface area contributed by atoms with Gasteiger partial charge in [-0.15, -0.1) is 4.40 Å². The molecule has 9 heteroatoms. The summed E-state index contributed by atoms with van der Waals surface area (Å²) in [7, 11) is -3.67. The van der Waals surface area contributed by atoms with E-state index in [1.54, 1.807) is 24.4 Å². The molecule has 33 heavy (non-hydrogen) atoms. The molecule has 1 fully saturated rings. The van der Waals surface area contributed by atoms with E-state index in [0.717, 1.165) is 24.0 Å². The Morgan fingerprint density at radius 2 is 1.85 bits per heavy atom. The standard InChI is InChI=1S/C24H25N5O3S/c30-24(25-15-18-8-10-19(11-9-18)16-29-14-4-12-26-29)20-5-3-13-28(17-20)23-21-6-1-2-7-22(21)33(31,32)27-23/h1-2,4,6-12,14,20H,3,5,13,15-17H2,(H,25,30). The topological polar surface area (TPSA) is 96.7 Å². The molecule has 0 aliphatic carbocycles. The molecular formula is C24H25N5O3S. The Balaban J connectivity index is 1.20. The van der Waals surface area contributed by atoms with Crippen LogP contribution in [0.4, 0.5) is 0 Å². The van der Waals surface area contributed by atoms with E-state index in [4.69, 9.17) is 0 Å². The highest BCUT2D eigenvalue weighted by atomic mass is 32.2. The third-order valence-electron chi connectivity index (χ3n) is 6.10. The van der Waals surface area contributed by atoms with Crippen LogP contribution in [0.3, 0.4) is 0 Å². The second-order valence-corrected chi connectivity index (χ2v) is 9.98. The molecule has 1 atom stereocenters. The maximum atomic E-state index is 12.9. The minimum atomic E-state index is -3.67. The van der Waals surface area contributed by atoms with E-state index in [1.165, 1.54) is 0 Å². The highest BCUT2D eigenvalue weighted by Crippen LogP contribution is 2.29. The number of fused-ring (bicyclic) bond motifs is 1. The second kappa shape index (κ2) is 8.82. The average Bonchev–Trinajstić information content (AvgIpc) is 3.44. The van der Waals surface area contributed by atoms with Crippen molar-refractivity contribution in [3.8, 4) is 0 Å². The third kappa shape index (κ3) is 4.54. The Morgan fingerprint density at radius 1 is 1.06 bits per heavy atom. The number of likely N-dealkylation sites (tertiary alicyclic amines) is 1. The number of nitrogens with one attached hydrogen (secondary N) is 1. The number of amides is 1. The number of carbonyl (C=O) groups excluding carboxylic acids is 1. The molecule has 3 aromatic rings. The Hall–Kier alpha value is -3.46. The maximum absolute atomic E-state index is 12.9. The molecule has 0 bridgehead atoms. The SMILES string of the molecule is O=C(NCc1ccc(Cn2cccn2)cc1)C1CCCN(C2=NS(=O)(=O)c3ccccc32)C1. The van der Waals surface area contributed by atoms with Crippen molar-refractivity contribution in [2.24, 2.45) is 10.3 Å². The van der Waals surface area contributed by atoms with E-state index in [2.05, 4.69) is 14.8 Å². The lowest BCUT2D eigenvalue weighted by molar-refractivity contribution is -0.126. The number of aromatic nitrogens is 2. The number of piperidine rings is 1. The molecule has 0 saturated carbocycles. The molecule has 1 saturated heterocycles. The molecule has 170 valence electrons. The fourth-order valence-corrected chi connectivity index (χ4v) is 5.60. The number of rotatable bonds is 5. The molecule has 2 aromatic carbocycles. The molecule has 1 aromatic heterocycles. The predicted molar refractivity (Wildman–Crippen MR) is 124 cm³/mol. The number of hydrogen-bond donors (Lipinski definition) is 1. The van der Waals surface area contributed by atoms with Crippen molar-refractivity contribution in [2.75, 3.05) is 13.1 Å². The first-order valence-electron chi connectivity index (χ1n) is 11.0. The first-order valence-corrected chi connectivity index (χ1v) is 12.5. The van der Waals surface area contributed by atoms with Crippen LogP contribution in [-0.2, 0) is 27.9 Å². The first kappa shape index (κ1) is 21.4. The number of nitrogens with zero attached hydrogens (tertiary/aromatic N) is 4. The van der Waals surface area contributed by atoms with E-state index >= 15 is 0 Å². The van der Waals surface area contributed by atoms with Gasteiger partial charge >= 0.3 is 0 Å². The molecule has 2 aliphatic rings. The van der Waals surface area contributed by atoms with Crippen molar-refractivity contribution in [3.05, 3.63) is 83.7 Å². The lowest BCUT2D eigenvalue weighted by Crippen LogP contribution is -2.45. The van der Waals surface area contributed by atoms with Crippen LogP contribution < -0.4 is 5.32 Å². The summed E-state index contributed by atoms with van der Waals surface area (Å²) in [6, 6.07) is 16.9. The van der Waals surface area contributed by atoms with Gasteiger partial charge < -0.3 is 10.2 Å². The van der Waals surface area contributed by atoms with Gasteiger partial charge in [-0.3, -0.25) is 9.48 Å². The van der Waals surface area contributed by atoms with Crippen LogP contribution >= 0.6 is 0 Å². The highest BCUT2D eigenvalue weighted by molar-refractivity contribution is 7.90. The summed E-state index contributed by atoms with van der Waals surface area (Å²) in [5.74, 6) is 0.224. The van der Waals surface area contributed by atoms with Gasteiger partial charge in [0.05, 0.1) is 12.5 Å². The Bertz CT molecular complexity index is 1280. The van der Waals surface area contributed by atoms with E-state index in [1.807, 2.05) is 52.2 Å². The summed E-state index contributed by atoms with van der Waals surface area (Å²) in [6.45, 7) is 2.30. The third-order valence-corrected chi connectivity index (χ3v) is 7.42. The summed E-state index contributed by atoms with van der Waals surface area (Å²) in [6.07, 6.45) is 5.26. The molecule has 0 spiro atoms. The molecule has 0 radical (unpaired) electrons. The Labute approximate surface area is 193 Å². The minimum Gasteiger partial charge on any atom is -0.355 e. The molecule has 1 unspecified atom stereocenters. The average molecular weight is 464 g/mol. The van der Waals surface area contributed by atoms with Crippen LogP contribution in [0.1, 0.15) is 29.5 Å². The predicted octanol–water partition coefficient (Wildman–Crippen LogP) is 2.41. The number of amidine groups is 1. The van der Waals surface area contributed by atoms with Crippen LogP contribution in [0.5, 0.6) is 0 Å². The quantitative estimate of drug-likeness (QED) is 0.627. The Kier molecular flexibility index (Phi) is 5.72. The number of hydrogen-bond acceptors (Lipinski definition) is 5. The summed E-state index contributed by atoms with van der Waals surface area (Å²) >= 11 is 0. The summed E-state index contributed by atoms with van der Waals surface area (Å²) in [5, 5.41) is 7.25. The van der Waals surface area contributed by atoms with Crippen LogP contribution in [-0.4, -0.2) is 47.9 Å². The van der Waals surface area contributed by atoms with Gasteiger partial charge in [0, 0.05) is 37.6 Å². The van der Waals surface area contributed by atoms with Gasteiger partial charge in [-0.05, 0) is 42.2 Å². The number of benzene rings is 2. The summed E-state index contributed by atoms with van der Waals surface area (Å²) in [5.41, 5.74) is 2.79. The van der Waals surface area contributed by atoms with E-state index in [-0.39, 0.29) is 16.7 Å². The lowest BCUT2D eigenvalue weighted by Gasteiger charge is -2.33. The van der Waals surface area contributed by atoms with E-state index < -0.39 is 10.0 Å². The van der Waals surface area contributed by atoms with Crippen molar-refractivity contribution < 1.29 is 13.2 Å². The maximum Gasteiger partial charge on any atom is 0.285 e. The van der Waals surface area contributed by atoms with Gasteiger partial charge in [0.25, 0.3) is 10.0 Å². The van der Waals surface area contributed by atoms with Crippen molar-refractivity contribution in [1.29, 1.82) is 0 Å². The molecule has 3 heterocycles. The van der Waals surface area contributed by atoms with Crippen LogP contribution in [0.25, 0.3) is 0 Å². The van der Waals surface area contributed by atoms with Crippen LogP contribution in [0.15, 0.2) is 76.3 Å². The first-order chi connectivity index (χ1) is 16.0. The van der Waals surface area contributed by atoms with Crippen molar-refractivity contribution in [3.63, 3.8) is 0 Å². The fourth-order valence-electron chi connectivity index (χ4n) is 4.38. The zero-order valence-electron chi connectivity index (χ0n) is 18.1. The highest BCUT2D eigenvalue weighted by Gasteiger charge is 2.35. The van der Waals surface area contributed by atoms with Crippen molar-refractivity contribution in [2.45, 2.75) is 30.8 Å². The van der Waals surface area contributed by atoms with Gasteiger partial charge in [0.15, 0.2) is 5.84 Å². The van der Waals surface area contributed by atoms with Gasteiger partial charge in [0.2, 0.25) is 5.91 Å². The van der Waals surface area contributed by atoms with Gasteiger partial charge in [-0.25, -0.2) is 0 Å². The molecule has 1 N–H and O–H groups in total. The van der Waals surface area contributed by atoms with Gasteiger partial charge in [-0.1, -0.05) is 36.4 Å². The Morgan fingerprint density at radius 3 is 2.64 bits per heavy atom. The second-order valence-electron chi connectivity index (χ2n) is 8.41. The van der Waals surface area contributed by atoms with E-state index in [9.17, 15) is 13.2 Å². The van der Waals surface area contributed by atoms with Crippen molar-refractivity contribution in [1.82, 2.24) is 20.0 Å². The minimum absolute atomic E-state index is 0.0185. The molecule has 1 amide bonds. The zero-order valence-corrected chi connectivity index (χ0v) is 18.9.